The molecule has 33 heavy (non-hydrogen) atoms. The molecule has 3 heterocycles. The van der Waals surface area contributed by atoms with Crippen molar-refractivity contribution in [1.29, 1.82) is 0 Å². The van der Waals surface area contributed by atoms with Crippen molar-refractivity contribution in [2.45, 2.75) is 32.2 Å². The summed E-state index contributed by atoms with van der Waals surface area (Å²) in [6, 6.07) is 12.5. The van der Waals surface area contributed by atoms with E-state index in [4.69, 9.17) is 11.6 Å². The Hall–Kier alpha value is -3.13. The van der Waals surface area contributed by atoms with Gasteiger partial charge < -0.3 is 10.2 Å². The Kier molecular flexibility index (Phi) is 6.56. The van der Waals surface area contributed by atoms with Gasteiger partial charge in [-0.15, -0.1) is 0 Å². The quantitative estimate of drug-likeness (QED) is 0.560. The number of anilines is 1. The number of hydrogen-bond donors (Lipinski definition) is 1. The molecular formula is C24H24ClF2N5O. The van der Waals surface area contributed by atoms with E-state index in [2.05, 4.69) is 20.3 Å². The van der Waals surface area contributed by atoms with Gasteiger partial charge in [0.25, 0.3) is 11.8 Å². The lowest BCUT2D eigenvalue weighted by Crippen LogP contribution is -2.57. The second-order valence-corrected chi connectivity index (χ2v) is 8.79. The molecule has 2 atom stereocenters. The van der Waals surface area contributed by atoms with Crippen molar-refractivity contribution in [1.82, 2.24) is 19.9 Å². The topological polar surface area (TPSA) is 71.0 Å². The van der Waals surface area contributed by atoms with Crippen LogP contribution < -0.4 is 5.32 Å². The Morgan fingerprint density at radius 2 is 1.88 bits per heavy atom. The molecule has 6 nitrogen and oxygen atoms in total. The van der Waals surface area contributed by atoms with E-state index in [9.17, 15) is 13.6 Å². The first-order valence-electron chi connectivity index (χ1n) is 10.7. The van der Waals surface area contributed by atoms with E-state index in [1.165, 1.54) is 17.3 Å². The van der Waals surface area contributed by atoms with Gasteiger partial charge in [0.15, 0.2) is 0 Å². The van der Waals surface area contributed by atoms with E-state index >= 15 is 0 Å². The van der Waals surface area contributed by atoms with E-state index in [0.29, 0.717) is 22.2 Å². The summed E-state index contributed by atoms with van der Waals surface area (Å²) < 4.78 is 29.2. The number of likely N-dealkylation sites (tertiary alicyclic amines) is 1. The highest BCUT2D eigenvalue weighted by Gasteiger charge is 2.46. The SMILES string of the molecule is Cc1ccc(-c2ccccc2)c(C(=O)N2CC(F)(F)C[C@@H](C)[C@H]2CNc2ncc(Cl)cn2)n1. The molecule has 0 saturated carbocycles. The van der Waals surface area contributed by atoms with Crippen molar-refractivity contribution in [2.24, 2.45) is 5.92 Å². The Morgan fingerprint density at radius 3 is 2.58 bits per heavy atom. The van der Waals surface area contributed by atoms with Gasteiger partial charge in [-0.25, -0.2) is 23.7 Å². The zero-order chi connectivity index (χ0) is 23.6. The number of amides is 1. The number of carbonyl (C=O) groups is 1. The van der Waals surface area contributed by atoms with Crippen molar-refractivity contribution < 1.29 is 13.6 Å². The molecular weight excluding hydrogens is 448 g/mol. The molecule has 3 aromatic rings. The van der Waals surface area contributed by atoms with E-state index in [-0.39, 0.29) is 18.7 Å². The molecule has 0 spiro atoms. The molecule has 0 unspecified atom stereocenters. The molecule has 0 radical (unpaired) electrons. The van der Waals surface area contributed by atoms with Crippen molar-refractivity contribution in [3.05, 3.63) is 71.3 Å². The van der Waals surface area contributed by atoms with Crippen LogP contribution in [0.3, 0.4) is 0 Å². The molecule has 0 aliphatic carbocycles. The third kappa shape index (κ3) is 5.27. The fraction of sp³-hybridized carbons (Fsp3) is 0.333. The van der Waals surface area contributed by atoms with E-state index in [1.807, 2.05) is 42.5 Å². The molecule has 1 N–H and O–H groups in total. The monoisotopic (exact) mass is 471 g/mol. The van der Waals surface area contributed by atoms with Gasteiger partial charge in [-0.05, 0) is 24.5 Å². The molecule has 1 aliphatic rings. The minimum atomic E-state index is -2.99. The highest BCUT2D eigenvalue weighted by Crippen LogP contribution is 2.36. The van der Waals surface area contributed by atoms with Gasteiger partial charge in [-0.1, -0.05) is 54.9 Å². The number of piperidine rings is 1. The second kappa shape index (κ2) is 9.39. The summed E-state index contributed by atoms with van der Waals surface area (Å²) in [5.74, 6) is -3.65. The number of aromatic nitrogens is 3. The highest BCUT2D eigenvalue weighted by molar-refractivity contribution is 6.30. The summed E-state index contributed by atoms with van der Waals surface area (Å²) in [7, 11) is 0. The maximum absolute atomic E-state index is 14.6. The zero-order valence-electron chi connectivity index (χ0n) is 18.3. The molecule has 1 fully saturated rings. The summed E-state index contributed by atoms with van der Waals surface area (Å²) in [6.45, 7) is 3.05. The number of halogens is 3. The van der Waals surface area contributed by atoms with Gasteiger partial charge >= 0.3 is 0 Å². The van der Waals surface area contributed by atoms with Crippen LogP contribution in [0.15, 0.2) is 54.9 Å². The Bertz CT molecular complexity index is 1130. The first kappa shape index (κ1) is 23.0. The lowest BCUT2D eigenvalue weighted by atomic mass is 9.87. The van der Waals surface area contributed by atoms with Crippen LogP contribution in [0.1, 0.15) is 29.5 Å². The summed E-state index contributed by atoms with van der Waals surface area (Å²) in [5, 5.41) is 3.44. The number of benzene rings is 1. The molecule has 172 valence electrons. The first-order chi connectivity index (χ1) is 15.7. The third-order valence-electron chi connectivity index (χ3n) is 5.75. The van der Waals surface area contributed by atoms with Crippen LogP contribution in [0.4, 0.5) is 14.7 Å². The molecule has 1 saturated heterocycles. The Labute approximate surface area is 196 Å². The van der Waals surface area contributed by atoms with Crippen LogP contribution in [0.2, 0.25) is 5.02 Å². The van der Waals surface area contributed by atoms with Crippen molar-refractivity contribution in [3.63, 3.8) is 0 Å². The van der Waals surface area contributed by atoms with Crippen LogP contribution in [0.25, 0.3) is 11.1 Å². The summed E-state index contributed by atoms with van der Waals surface area (Å²) in [6.07, 6.45) is 2.58. The molecule has 2 aromatic heterocycles. The minimum absolute atomic E-state index is 0.166. The van der Waals surface area contributed by atoms with Gasteiger partial charge in [-0.2, -0.15) is 0 Å². The molecule has 1 aromatic carbocycles. The number of pyridine rings is 1. The number of nitrogens with one attached hydrogen (secondary N) is 1. The zero-order valence-corrected chi connectivity index (χ0v) is 19.1. The van der Waals surface area contributed by atoms with Crippen molar-refractivity contribution in [3.8, 4) is 11.1 Å². The largest absolute Gasteiger partial charge is 0.352 e. The molecule has 1 amide bonds. The average molecular weight is 472 g/mol. The first-order valence-corrected chi connectivity index (χ1v) is 11.0. The van der Waals surface area contributed by atoms with Crippen molar-refractivity contribution in [2.75, 3.05) is 18.4 Å². The molecule has 9 heteroatoms. The molecule has 1 aliphatic heterocycles. The fourth-order valence-electron chi connectivity index (χ4n) is 4.18. The molecule has 4 rings (SSSR count). The lowest BCUT2D eigenvalue weighted by Gasteiger charge is -2.43. The number of hydrogen-bond acceptors (Lipinski definition) is 5. The fourth-order valence-corrected chi connectivity index (χ4v) is 4.28. The number of aryl methyl sites for hydroxylation is 1. The van der Waals surface area contributed by atoms with Crippen LogP contribution >= 0.6 is 11.6 Å². The van der Waals surface area contributed by atoms with E-state index in [0.717, 1.165) is 5.56 Å². The maximum Gasteiger partial charge on any atom is 0.273 e. The molecule has 0 bridgehead atoms. The van der Waals surface area contributed by atoms with Gasteiger partial charge in [0.05, 0.1) is 30.0 Å². The standard InChI is InChI=1S/C24H24ClF2N5O/c1-15-10-24(26,27)14-32(20(15)13-30-23-28-11-18(25)12-29-23)22(33)21-19(9-8-16(2)31-21)17-6-4-3-5-7-17/h3-9,11-12,15,20H,10,13-14H2,1-2H3,(H,28,29,30)/t15-,20-/m1/s1. The predicted molar refractivity (Wildman–Crippen MR) is 123 cm³/mol. The second-order valence-electron chi connectivity index (χ2n) is 8.36. The summed E-state index contributed by atoms with van der Waals surface area (Å²) in [5.41, 5.74) is 2.22. The average Bonchev–Trinajstić information content (AvgIpc) is 2.79. The Balaban J connectivity index is 1.67. The van der Waals surface area contributed by atoms with Crippen LogP contribution in [-0.2, 0) is 0 Å². The minimum Gasteiger partial charge on any atom is -0.352 e. The normalized spacial score (nSPS) is 19.8. The highest BCUT2D eigenvalue weighted by atomic mass is 35.5. The number of alkyl halides is 2. The maximum atomic E-state index is 14.6. The van der Waals surface area contributed by atoms with E-state index in [1.54, 1.807) is 13.8 Å². The number of rotatable bonds is 5. The van der Waals surface area contributed by atoms with Crippen LogP contribution in [-0.4, -0.2) is 50.8 Å². The third-order valence-corrected chi connectivity index (χ3v) is 5.95. The van der Waals surface area contributed by atoms with Gasteiger partial charge in [0.1, 0.15) is 5.69 Å². The van der Waals surface area contributed by atoms with Crippen LogP contribution in [0.5, 0.6) is 0 Å². The number of carbonyl (C=O) groups excluding carboxylic acids is 1. The van der Waals surface area contributed by atoms with Gasteiger partial charge in [0.2, 0.25) is 5.95 Å². The summed E-state index contributed by atoms with van der Waals surface area (Å²) in [4.78, 5) is 27.6. The van der Waals surface area contributed by atoms with E-state index < -0.39 is 30.3 Å². The summed E-state index contributed by atoms with van der Waals surface area (Å²) >= 11 is 5.83. The lowest BCUT2D eigenvalue weighted by molar-refractivity contribution is -0.0898. The van der Waals surface area contributed by atoms with Crippen LogP contribution in [0, 0.1) is 12.8 Å². The number of nitrogens with zero attached hydrogens (tertiary/aromatic N) is 4. The van der Waals surface area contributed by atoms with Crippen molar-refractivity contribution >= 4 is 23.5 Å². The Morgan fingerprint density at radius 1 is 1.18 bits per heavy atom. The smallest absolute Gasteiger partial charge is 0.273 e. The van der Waals surface area contributed by atoms with Gasteiger partial charge in [-0.3, -0.25) is 4.79 Å². The predicted octanol–water partition coefficient (Wildman–Crippen LogP) is 5.10. The van der Waals surface area contributed by atoms with Gasteiger partial charge in [0, 0.05) is 24.2 Å².